The number of rotatable bonds is 6. The van der Waals surface area contributed by atoms with Crippen LogP contribution in [-0.2, 0) is 0 Å². The van der Waals surface area contributed by atoms with Gasteiger partial charge in [0.15, 0.2) is 0 Å². The van der Waals surface area contributed by atoms with Gasteiger partial charge in [-0.25, -0.2) is 0 Å². The SMILES string of the molecule is CCCOc1cncc(C(NN)C2CCC(C)C2)c1. The van der Waals surface area contributed by atoms with E-state index in [-0.39, 0.29) is 6.04 Å². The van der Waals surface area contributed by atoms with Crippen LogP contribution in [0.2, 0.25) is 0 Å². The summed E-state index contributed by atoms with van der Waals surface area (Å²) in [5.41, 5.74) is 4.10. The minimum atomic E-state index is 0.183. The Morgan fingerprint density at radius 2 is 2.32 bits per heavy atom. The quantitative estimate of drug-likeness (QED) is 0.612. The van der Waals surface area contributed by atoms with E-state index in [9.17, 15) is 0 Å². The highest BCUT2D eigenvalue weighted by molar-refractivity contribution is 5.26. The molecule has 0 amide bonds. The van der Waals surface area contributed by atoms with Crippen molar-refractivity contribution in [1.29, 1.82) is 0 Å². The number of pyridine rings is 1. The second kappa shape index (κ2) is 6.87. The van der Waals surface area contributed by atoms with Crippen molar-refractivity contribution in [3.63, 3.8) is 0 Å². The summed E-state index contributed by atoms with van der Waals surface area (Å²) in [4.78, 5) is 4.28. The number of ether oxygens (including phenoxy) is 1. The molecule has 0 radical (unpaired) electrons. The average Bonchev–Trinajstić information content (AvgIpc) is 2.84. The summed E-state index contributed by atoms with van der Waals surface area (Å²) in [6, 6.07) is 2.25. The number of hydrogen-bond donors (Lipinski definition) is 2. The summed E-state index contributed by atoms with van der Waals surface area (Å²) in [5.74, 6) is 8.00. The van der Waals surface area contributed by atoms with Crippen molar-refractivity contribution in [2.75, 3.05) is 6.61 Å². The maximum absolute atomic E-state index is 5.76. The van der Waals surface area contributed by atoms with Gasteiger partial charge in [-0.05, 0) is 42.7 Å². The van der Waals surface area contributed by atoms with Crippen molar-refractivity contribution < 1.29 is 4.74 Å². The van der Waals surface area contributed by atoms with Crippen LogP contribution in [0.5, 0.6) is 5.75 Å². The predicted octanol–water partition coefficient (Wildman–Crippen LogP) is 2.81. The maximum Gasteiger partial charge on any atom is 0.137 e. The molecule has 106 valence electrons. The first-order valence-electron chi connectivity index (χ1n) is 7.28. The van der Waals surface area contributed by atoms with Crippen molar-refractivity contribution in [3.05, 3.63) is 24.0 Å². The minimum Gasteiger partial charge on any atom is -0.492 e. The summed E-state index contributed by atoms with van der Waals surface area (Å²) >= 11 is 0. The molecule has 1 aromatic rings. The van der Waals surface area contributed by atoms with Crippen LogP contribution in [0.3, 0.4) is 0 Å². The molecule has 1 fully saturated rings. The van der Waals surface area contributed by atoms with E-state index in [2.05, 4.69) is 30.3 Å². The van der Waals surface area contributed by atoms with Crippen LogP contribution in [0.15, 0.2) is 18.5 Å². The number of hydrazine groups is 1. The van der Waals surface area contributed by atoms with Crippen LogP contribution in [0.4, 0.5) is 0 Å². The molecule has 0 aromatic carbocycles. The molecule has 19 heavy (non-hydrogen) atoms. The Morgan fingerprint density at radius 3 is 2.95 bits per heavy atom. The fourth-order valence-electron chi connectivity index (χ4n) is 2.96. The topological polar surface area (TPSA) is 60.2 Å². The number of nitrogens with zero attached hydrogens (tertiary/aromatic N) is 1. The number of hydrogen-bond acceptors (Lipinski definition) is 4. The Morgan fingerprint density at radius 1 is 1.47 bits per heavy atom. The molecular formula is C15H25N3O. The Kier molecular flexibility index (Phi) is 5.16. The fourth-order valence-corrected chi connectivity index (χ4v) is 2.96. The Labute approximate surface area is 115 Å². The molecule has 1 aromatic heterocycles. The Bertz CT molecular complexity index is 397. The summed E-state index contributed by atoms with van der Waals surface area (Å²) in [5, 5.41) is 0. The second-order valence-corrected chi connectivity index (χ2v) is 5.63. The third-order valence-electron chi connectivity index (χ3n) is 3.95. The molecule has 3 atom stereocenters. The van der Waals surface area contributed by atoms with E-state index < -0.39 is 0 Å². The maximum atomic E-state index is 5.76. The van der Waals surface area contributed by atoms with Crippen LogP contribution in [0.1, 0.15) is 51.1 Å². The van der Waals surface area contributed by atoms with Gasteiger partial charge in [-0.15, -0.1) is 0 Å². The largest absolute Gasteiger partial charge is 0.492 e. The summed E-state index contributed by atoms with van der Waals surface area (Å²) in [7, 11) is 0. The zero-order chi connectivity index (χ0) is 13.7. The molecule has 3 N–H and O–H groups in total. The molecule has 1 aliphatic rings. The molecule has 1 saturated carbocycles. The molecule has 2 rings (SSSR count). The van der Waals surface area contributed by atoms with E-state index in [1.165, 1.54) is 19.3 Å². The van der Waals surface area contributed by atoms with Gasteiger partial charge in [0.05, 0.1) is 18.8 Å². The van der Waals surface area contributed by atoms with E-state index >= 15 is 0 Å². The molecule has 4 heteroatoms. The highest BCUT2D eigenvalue weighted by Crippen LogP contribution is 2.38. The van der Waals surface area contributed by atoms with Gasteiger partial charge < -0.3 is 4.74 Å². The lowest BCUT2D eigenvalue weighted by molar-refractivity contribution is 0.313. The number of nitrogens with two attached hydrogens (primary N) is 1. The van der Waals surface area contributed by atoms with Crippen LogP contribution in [0, 0.1) is 11.8 Å². The molecule has 0 saturated heterocycles. The van der Waals surface area contributed by atoms with Crippen LogP contribution < -0.4 is 16.0 Å². The lowest BCUT2D eigenvalue weighted by Crippen LogP contribution is -2.32. The fraction of sp³-hybridized carbons (Fsp3) is 0.667. The van der Waals surface area contributed by atoms with E-state index in [4.69, 9.17) is 10.6 Å². The van der Waals surface area contributed by atoms with E-state index in [0.29, 0.717) is 5.92 Å². The van der Waals surface area contributed by atoms with E-state index in [1.54, 1.807) is 6.20 Å². The smallest absolute Gasteiger partial charge is 0.137 e. The van der Waals surface area contributed by atoms with Gasteiger partial charge in [0.2, 0.25) is 0 Å². The normalized spacial score (nSPS) is 24.4. The third kappa shape index (κ3) is 3.67. The Hall–Kier alpha value is -1.13. The summed E-state index contributed by atoms with van der Waals surface area (Å²) in [6.45, 7) is 5.14. The van der Waals surface area contributed by atoms with Gasteiger partial charge in [0.25, 0.3) is 0 Å². The van der Waals surface area contributed by atoms with Crippen molar-refractivity contribution in [2.45, 2.75) is 45.6 Å². The van der Waals surface area contributed by atoms with Crippen molar-refractivity contribution in [2.24, 2.45) is 17.7 Å². The summed E-state index contributed by atoms with van der Waals surface area (Å²) < 4.78 is 5.64. The van der Waals surface area contributed by atoms with Gasteiger partial charge in [-0.3, -0.25) is 16.3 Å². The summed E-state index contributed by atoms with van der Waals surface area (Å²) in [6.07, 6.45) is 8.42. The monoisotopic (exact) mass is 263 g/mol. The molecule has 4 nitrogen and oxygen atoms in total. The van der Waals surface area contributed by atoms with Crippen molar-refractivity contribution >= 4 is 0 Å². The highest BCUT2D eigenvalue weighted by Gasteiger charge is 2.29. The lowest BCUT2D eigenvalue weighted by atomic mass is 9.92. The van der Waals surface area contributed by atoms with Gasteiger partial charge in [0, 0.05) is 6.20 Å². The molecule has 0 aliphatic heterocycles. The van der Waals surface area contributed by atoms with Crippen molar-refractivity contribution in [1.82, 2.24) is 10.4 Å². The van der Waals surface area contributed by atoms with Gasteiger partial charge in [0.1, 0.15) is 5.75 Å². The standard InChI is InChI=1S/C15H25N3O/c1-3-6-19-14-8-13(9-17-10-14)15(18-16)12-5-4-11(2)7-12/h8-12,15,18H,3-7,16H2,1-2H3. The molecule has 1 aliphatic carbocycles. The second-order valence-electron chi connectivity index (χ2n) is 5.63. The first-order valence-corrected chi connectivity index (χ1v) is 7.28. The van der Waals surface area contributed by atoms with Crippen molar-refractivity contribution in [3.8, 4) is 5.75 Å². The first-order chi connectivity index (χ1) is 9.24. The average molecular weight is 263 g/mol. The van der Waals surface area contributed by atoms with Gasteiger partial charge in [-0.2, -0.15) is 0 Å². The van der Waals surface area contributed by atoms with Crippen LogP contribution >= 0.6 is 0 Å². The predicted molar refractivity (Wildman–Crippen MR) is 76.6 cm³/mol. The first kappa shape index (κ1) is 14.3. The molecule has 3 unspecified atom stereocenters. The molecular weight excluding hydrogens is 238 g/mol. The third-order valence-corrected chi connectivity index (χ3v) is 3.95. The minimum absolute atomic E-state index is 0.183. The number of nitrogens with one attached hydrogen (secondary N) is 1. The molecule has 0 spiro atoms. The highest BCUT2D eigenvalue weighted by atomic mass is 16.5. The van der Waals surface area contributed by atoms with Gasteiger partial charge in [-0.1, -0.05) is 20.3 Å². The Balaban J connectivity index is 2.09. The number of aromatic nitrogens is 1. The van der Waals surface area contributed by atoms with Gasteiger partial charge >= 0.3 is 0 Å². The zero-order valence-corrected chi connectivity index (χ0v) is 11.9. The lowest BCUT2D eigenvalue weighted by Gasteiger charge is -2.23. The van der Waals surface area contributed by atoms with Crippen LogP contribution in [-0.4, -0.2) is 11.6 Å². The molecule has 0 bridgehead atoms. The van der Waals surface area contributed by atoms with E-state index in [1.807, 2.05) is 6.20 Å². The molecule has 1 heterocycles. The van der Waals surface area contributed by atoms with Crippen LogP contribution in [0.25, 0.3) is 0 Å². The zero-order valence-electron chi connectivity index (χ0n) is 11.9. The van der Waals surface area contributed by atoms with E-state index in [0.717, 1.165) is 30.3 Å².